The third kappa shape index (κ3) is 3.99. The second-order valence-electron chi connectivity index (χ2n) is 6.97. The summed E-state index contributed by atoms with van der Waals surface area (Å²) in [6.07, 6.45) is 6.65. The van der Waals surface area contributed by atoms with E-state index in [9.17, 15) is 0 Å². The van der Waals surface area contributed by atoms with Crippen LogP contribution in [0.25, 0.3) is 10.9 Å². The molecule has 146 valence electrons. The second-order valence-corrected chi connectivity index (χ2v) is 6.97. The van der Waals surface area contributed by atoms with Gasteiger partial charge in [0.25, 0.3) is 0 Å². The first-order chi connectivity index (χ1) is 13.7. The van der Waals surface area contributed by atoms with E-state index in [1.165, 1.54) is 10.9 Å². The number of aryl methyl sites for hydroxylation is 1. The molecule has 7 heteroatoms. The van der Waals surface area contributed by atoms with Gasteiger partial charge >= 0.3 is 0 Å². The molecule has 1 fully saturated rings. The van der Waals surface area contributed by atoms with Crippen LogP contribution >= 0.6 is 0 Å². The van der Waals surface area contributed by atoms with Crippen LogP contribution in [-0.4, -0.2) is 58.9 Å². The number of aliphatic imine (C=N–C) groups is 1. The Morgan fingerprint density at radius 3 is 3.04 bits per heavy atom. The fraction of sp³-hybridized carbons (Fsp3) is 0.381. The molecule has 1 aromatic carbocycles. The van der Waals surface area contributed by atoms with Gasteiger partial charge in [0.05, 0.1) is 24.9 Å². The summed E-state index contributed by atoms with van der Waals surface area (Å²) in [4.78, 5) is 11.3. The van der Waals surface area contributed by atoms with Crippen molar-refractivity contribution < 1.29 is 4.74 Å². The van der Waals surface area contributed by atoms with Crippen molar-refractivity contribution in [3.05, 3.63) is 60.0 Å². The average Bonchev–Trinajstić information content (AvgIpc) is 3.18. The molecule has 3 heterocycles. The van der Waals surface area contributed by atoms with Gasteiger partial charge < -0.3 is 15.0 Å². The minimum Gasteiger partial charge on any atom is -0.370 e. The van der Waals surface area contributed by atoms with Gasteiger partial charge in [0.15, 0.2) is 5.96 Å². The molecule has 0 aliphatic carbocycles. The van der Waals surface area contributed by atoms with E-state index in [1.807, 2.05) is 43.4 Å². The summed E-state index contributed by atoms with van der Waals surface area (Å²) in [7, 11) is 3.75. The zero-order chi connectivity index (χ0) is 19.3. The topological polar surface area (TPSA) is 67.6 Å². The van der Waals surface area contributed by atoms with E-state index < -0.39 is 0 Å². The Bertz CT molecular complexity index is 961. The van der Waals surface area contributed by atoms with Crippen LogP contribution in [0.15, 0.2) is 53.9 Å². The van der Waals surface area contributed by atoms with Crippen LogP contribution in [0.2, 0.25) is 0 Å². The lowest BCUT2D eigenvalue weighted by Gasteiger charge is -2.34. The van der Waals surface area contributed by atoms with Gasteiger partial charge in [0, 0.05) is 50.5 Å². The fourth-order valence-electron chi connectivity index (χ4n) is 3.66. The van der Waals surface area contributed by atoms with Crippen LogP contribution in [0.5, 0.6) is 0 Å². The lowest BCUT2D eigenvalue weighted by Crippen LogP contribution is -2.48. The highest BCUT2D eigenvalue weighted by Crippen LogP contribution is 2.21. The third-order valence-electron chi connectivity index (χ3n) is 5.07. The van der Waals surface area contributed by atoms with Gasteiger partial charge in [-0.15, -0.1) is 0 Å². The molecule has 1 aliphatic rings. The number of guanidine groups is 1. The number of pyridine rings is 1. The van der Waals surface area contributed by atoms with Gasteiger partial charge in [-0.3, -0.25) is 14.7 Å². The summed E-state index contributed by atoms with van der Waals surface area (Å²) in [5, 5.41) is 8.94. The summed E-state index contributed by atoms with van der Waals surface area (Å²) in [5.41, 5.74) is 3.42. The molecule has 1 aliphatic heterocycles. The van der Waals surface area contributed by atoms with Gasteiger partial charge in [-0.1, -0.05) is 24.3 Å². The smallest absolute Gasteiger partial charge is 0.193 e. The molecule has 0 spiro atoms. The number of rotatable bonds is 4. The molecular formula is C21H26N6O. The minimum absolute atomic E-state index is 0.0169. The maximum atomic E-state index is 5.94. The molecule has 0 saturated carbocycles. The maximum Gasteiger partial charge on any atom is 0.193 e. The molecule has 3 aromatic rings. The van der Waals surface area contributed by atoms with Gasteiger partial charge in [0.2, 0.25) is 0 Å². The van der Waals surface area contributed by atoms with Crippen molar-refractivity contribution in [1.82, 2.24) is 25.0 Å². The third-order valence-corrected chi connectivity index (χ3v) is 5.07. The van der Waals surface area contributed by atoms with Gasteiger partial charge in [0.1, 0.15) is 6.10 Å². The first-order valence-corrected chi connectivity index (χ1v) is 9.63. The SMILES string of the molecule is CN=C(NCCc1cccc2cccnc12)N1CCOC(c2cnn(C)c2)C1. The molecule has 2 aromatic heterocycles. The van der Waals surface area contributed by atoms with Crippen molar-refractivity contribution in [1.29, 1.82) is 0 Å². The molecule has 0 amide bonds. The molecule has 1 N–H and O–H groups in total. The van der Waals surface area contributed by atoms with E-state index in [0.29, 0.717) is 6.61 Å². The van der Waals surface area contributed by atoms with E-state index in [1.54, 1.807) is 0 Å². The Kier molecular flexibility index (Phi) is 5.53. The van der Waals surface area contributed by atoms with Crippen molar-refractivity contribution in [2.75, 3.05) is 33.3 Å². The normalized spacial score (nSPS) is 17.9. The van der Waals surface area contributed by atoms with Crippen molar-refractivity contribution in [3.63, 3.8) is 0 Å². The quantitative estimate of drug-likeness (QED) is 0.557. The van der Waals surface area contributed by atoms with Crippen molar-refractivity contribution >= 4 is 16.9 Å². The van der Waals surface area contributed by atoms with Crippen LogP contribution in [0, 0.1) is 0 Å². The standard InChI is InChI=1S/C21H26N6O/c1-22-21(27-11-12-28-19(15-27)18-13-25-26(2)14-18)24-10-8-17-6-3-5-16-7-4-9-23-20(16)17/h3-7,9,13-14,19H,8,10-12,15H2,1-2H3,(H,22,24). The minimum atomic E-state index is 0.0169. The molecule has 1 atom stereocenters. The average molecular weight is 378 g/mol. The number of aromatic nitrogens is 3. The van der Waals surface area contributed by atoms with Gasteiger partial charge in [-0.25, -0.2) is 0 Å². The highest BCUT2D eigenvalue weighted by molar-refractivity contribution is 5.82. The Hall–Kier alpha value is -2.93. The molecule has 28 heavy (non-hydrogen) atoms. The number of nitrogens with zero attached hydrogens (tertiary/aromatic N) is 5. The highest BCUT2D eigenvalue weighted by atomic mass is 16.5. The predicted octanol–water partition coefficient (Wildman–Crippen LogP) is 2.16. The van der Waals surface area contributed by atoms with Gasteiger partial charge in [-0.05, 0) is 18.1 Å². The Labute approximate surface area is 165 Å². The van der Waals surface area contributed by atoms with Crippen LogP contribution in [0.3, 0.4) is 0 Å². The molecule has 0 radical (unpaired) electrons. The van der Waals surface area contributed by atoms with Crippen LogP contribution in [-0.2, 0) is 18.2 Å². The highest BCUT2D eigenvalue weighted by Gasteiger charge is 2.25. The number of nitrogens with one attached hydrogen (secondary N) is 1. The number of hydrogen-bond donors (Lipinski definition) is 1. The zero-order valence-electron chi connectivity index (χ0n) is 16.4. The van der Waals surface area contributed by atoms with Crippen molar-refractivity contribution in [3.8, 4) is 0 Å². The number of morpholine rings is 1. The Morgan fingerprint density at radius 2 is 2.21 bits per heavy atom. The van der Waals surface area contributed by atoms with Gasteiger partial charge in [-0.2, -0.15) is 5.10 Å². The summed E-state index contributed by atoms with van der Waals surface area (Å²) in [5.74, 6) is 0.908. The number of hydrogen-bond acceptors (Lipinski definition) is 4. The number of ether oxygens (including phenoxy) is 1. The van der Waals surface area contributed by atoms with Crippen LogP contribution < -0.4 is 5.32 Å². The zero-order valence-corrected chi connectivity index (χ0v) is 16.4. The van der Waals surface area contributed by atoms with Crippen LogP contribution in [0.4, 0.5) is 0 Å². The van der Waals surface area contributed by atoms with E-state index in [-0.39, 0.29) is 6.10 Å². The lowest BCUT2D eigenvalue weighted by molar-refractivity contribution is -0.00800. The summed E-state index contributed by atoms with van der Waals surface area (Å²) >= 11 is 0. The Balaban J connectivity index is 1.38. The van der Waals surface area contributed by atoms with E-state index in [2.05, 4.69) is 49.6 Å². The lowest BCUT2D eigenvalue weighted by atomic mass is 10.1. The summed E-state index contributed by atoms with van der Waals surface area (Å²) in [6.45, 7) is 3.07. The summed E-state index contributed by atoms with van der Waals surface area (Å²) in [6, 6.07) is 10.4. The number of para-hydroxylation sites is 1. The van der Waals surface area contributed by atoms with Crippen molar-refractivity contribution in [2.24, 2.45) is 12.0 Å². The van der Waals surface area contributed by atoms with E-state index in [4.69, 9.17) is 4.74 Å². The molecular weight excluding hydrogens is 352 g/mol. The van der Waals surface area contributed by atoms with Crippen molar-refractivity contribution in [2.45, 2.75) is 12.5 Å². The first-order valence-electron chi connectivity index (χ1n) is 9.63. The predicted molar refractivity (Wildman–Crippen MR) is 110 cm³/mol. The van der Waals surface area contributed by atoms with E-state index >= 15 is 0 Å². The molecule has 1 unspecified atom stereocenters. The monoisotopic (exact) mass is 378 g/mol. The van der Waals surface area contributed by atoms with E-state index in [0.717, 1.165) is 43.1 Å². The number of benzene rings is 1. The summed E-state index contributed by atoms with van der Waals surface area (Å²) < 4.78 is 7.75. The second kappa shape index (κ2) is 8.39. The largest absolute Gasteiger partial charge is 0.370 e. The molecule has 0 bridgehead atoms. The maximum absolute atomic E-state index is 5.94. The Morgan fingerprint density at radius 1 is 1.32 bits per heavy atom. The fourth-order valence-corrected chi connectivity index (χ4v) is 3.66. The van der Waals surface area contributed by atoms with Crippen LogP contribution in [0.1, 0.15) is 17.2 Å². The molecule has 7 nitrogen and oxygen atoms in total. The molecule has 4 rings (SSSR count). The first kappa shape index (κ1) is 18.4. The molecule has 1 saturated heterocycles. The number of fused-ring (bicyclic) bond motifs is 1.